The highest BCUT2D eigenvalue weighted by Gasteiger charge is 2.28. The van der Waals surface area contributed by atoms with Gasteiger partial charge >= 0.3 is 6.18 Å². The van der Waals surface area contributed by atoms with E-state index in [1.165, 1.54) is 24.3 Å². The highest BCUT2D eigenvalue weighted by atomic mass is 32.2. The summed E-state index contributed by atoms with van der Waals surface area (Å²) in [5, 5.41) is 2.80. The highest BCUT2D eigenvalue weighted by molar-refractivity contribution is 7.90. The van der Waals surface area contributed by atoms with E-state index in [1.807, 2.05) is 0 Å². The smallest absolute Gasteiger partial charge is 0.313 e. The lowest BCUT2D eigenvalue weighted by Crippen LogP contribution is -2.19. The van der Waals surface area contributed by atoms with E-state index in [4.69, 9.17) is 0 Å². The predicted molar refractivity (Wildman–Crippen MR) is 66.6 cm³/mol. The van der Waals surface area contributed by atoms with Crippen molar-refractivity contribution >= 4 is 9.84 Å². The molecule has 19 heavy (non-hydrogen) atoms. The minimum atomic E-state index is -4.19. The molecule has 0 amide bonds. The van der Waals surface area contributed by atoms with E-state index >= 15 is 0 Å². The number of nitrogens with one attached hydrogen (secondary N) is 1. The highest BCUT2D eigenvalue weighted by Crippen LogP contribution is 2.27. The van der Waals surface area contributed by atoms with Crippen LogP contribution in [0.1, 0.15) is 24.4 Å². The molecule has 0 radical (unpaired) electrons. The third-order valence-corrected chi connectivity index (χ3v) is 3.90. The second-order valence-corrected chi connectivity index (χ2v) is 6.35. The van der Waals surface area contributed by atoms with Crippen LogP contribution in [0.3, 0.4) is 0 Å². The molecule has 1 atom stereocenters. The van der Waals surface area contributed by atoms with Crippen molar-refractivity contribution in [1.82, 2.24) is 5.32 Å². The van der Waals surface area contributed by atoms with Crippen LogP contribution in [0.5, 0.6) is 0 Å². The van der Waals surface area contributed by atoms with E-state index in [2.05, 4.69) is 5.32 Å². The zero-order chi connectivity index (χ0) is 14.7. The van der Waals surface area contributed by atoms with Crippen molar-refractivity contribution in [3.05, 3.63) is 29.8 Å². The number of hydrogen-bond acceptors (Lipinski definition) is 3. The summed E-state index contributed by atoms with van der Waals surface area (Å²) in [6.07, 6.45) is -4.08. The van der Waals surface area contributed by atoms with Crippen LogP contribution < -0.4 is 5.32 Å². The molecule has 108 valence electrons. The van der Waals surface area contributed by atoms with Gasteiger partial charge in [0.1, 0.15) is 0 Å². The second-order valence-electron chi connectivity index (χ2n) is 4.34. The molecule has 1 rings (SSSR count). The van der Waals surface area contributed by atoms with Crippen LogP contribution >= 0.6 is 0 Å². The molecule has 1 aromatic rings. The van der Waals surface area contributed by atoms with Crippen LogP contribution in [0.25, 0.3) is 0 Å². The summed E-state index contributed by atoms with van der Waals surface area (Å²) in [5.41, 5.74) is 0.638. The lowest BCUT2D eigenvalue weighted by molar-refractivity contribution is -0.136. The van der Waals surface area contributed by atoms with Gasteiger partial charge in [-0.2, -0.15) is 13.2 Å². The minimum Gasteiger partial charge on any atom is -0.313 e. The molecule has 0 heterocycles. The molecular formula is C12H16F3NO2S. The van der Waals surface area contributed by atoms with Gasteiger partial charge in [-0.3, -0.25) is 0 Å². The zero-order valence-electron chi connectivity index (χ0n) is 10.7. The molecule has 3 nitrogen and oxygen atoms in total. The summed E-state index contributed by atoms with van der Waals surface area (Å²) in [6.45, 7) is 0. The fraction of sp³-hybridized carbons (Fsp3) is 0.500. The summed E-state index contributed by atoms with van der Waals surface area (Å²) in [7, 11) is -1.71. The van der Waals surface area contributed by atoms with Gasteiger partial charge in [-0.25, -0.2) is 8.42 Å². The quantitative estimate of drug-likeness (QED) is 0.908. The van der Waals surface area contributed by atoms with E-state index in [-0.39, 0.29) is 11.3 Å². The first-order valence-corrected chi connectivity index (χ1v) is 7.56. The number of hydrogen-bond donors (Lipinski definition) is 1. The third-order valence-electron chi connectivity index (χ3n) is 2.78. The van der Waals surface area contributed by atoms with E-state index < -0.39 is 28.5 Å². The van der Waals surface area contributed by atoms with Gasteiger partial charge in [-0.15, -0.1) is 0 Å². The minimum absolute atomic E-state index is 0.0851. The van der Waals surface area contributed by atoms with Crippen molar-refractivity contribution < 1.29 is 21.6 Å². The Morgan fingerprint density at radius 2 is 1.74 bits per heavy atom. The SMILES string of the molecule is CNC(CCC(F)(F)F)c1ccc(S(C)(=O)=O)cc1. The van der Waals surface area contributed by atoms with Gasteiger partial charge in [0, 0.05) is 18.7 Å². The van der Waals surface area contributed by atoms with Gasteiger partial charge in [0.25, 0.3) is 0 Å². The maximum atomic E-state index is 12.2. The molecule has 0 fully saturated rings. The number of halogens is 3. The molecule has 0 saturated carbocycles. The molecule has 0 aromatic heterocycles. The summed E-state index contributed by atoms with van der Waals surface area (Å²) in [4.78, 5) is 0.155. The number of rotatable bonds is 5. The largest absolute Gasteiger partial charge is 0.389 e. The molecule has 1 unspecified atom stereocenters. The standard InChI is InChI=1S/C12H16F3NO2S/c1-16-11(7-8-12(13,14)15)9-3-5-10(6-4-9)19(2,17)18/h3-6,11,16H,7-8H2,1-2H3. The number of benzene rings is 1. The maximum Gasteiger partial charge on any atom is 0.389 e. The Bertz CT molecular complexity index is 509. The normalized spacial score (nSPS) is 14.4. The molecule has 0 aliphatic rings. The summed E-state index contributed by atoms with van der Waals surface area (Å²) < 4.78 is 59.1. The van der Waals surface area contributed by atoms with E-state index in [0.29, 0.717) is 5.56 Å². The van der Waals surface area contributed by atoms with Crippen LogP contribution in [0.15, 0.2) is 29.2 Å². The fourth-order valence-electron chi connectivity index (χ4n) is 1.73. The van der Waals surface area contributed by atoms with E-state index in [9.17, 15) is 21.6 Å². The van der Waals surface area contributed by atoms with Gasteiger partial charge in [0.05, 0.1) is 4.90 Å². The Hall–Kier alpha value is -1.08. The van der Waals surface area contributed by atoms with E-state index in [0.717, 1.165) is 6.26 Å². The summed E-state index contributed by atoms with van der Waals surface area (Å²) >= 11 is 0. The van der Waals surface area contributed by atoms with Gasteiger partial charge in [-0.1, -0.05) is 12.1 Å². The first-order chi connectivity index (χ1) is 8.63. The van der Waals surface area contributed by atoms with Crippen LogP contribution in [0.4, 0.5) is 13.2 Å². The molecule has 0 aliphatic carbocycles. The number of alkyl halides is 3. The average Bonchev–Trinajstić information content (AvgIpc) is 2.28. The monoisotopic (exact) mass is 295 g/mol. The van der Waals surface area contributed by atoms with Crippen molar-refractivity contribution in [3.8, 4) is 0 Å². The van der Waals surface area contributed by atoms with Crippen LogP contribution in [-0.2, 0) is 9.84 Å². The Labute approximate surface area is 110 Å². The molecular weight excluding hydrogens is 279 g/mol. The van der Waals surface area contributed by atoms with Crippen molar-refractivity contribution in [2.45, 2.75) is 30.0 Å². The van der Waals surface area contributed by atoms with Crippen molar-refractivity contribution in [1.29, 1.82) is 0 Å². The first kappa shape index (κ1) is 16.0. The molecule has 0 bridgehead atoms. The van der Waals surface area contributed by atoms with Crippen molar-refractivity contribution in [3.63, 3.8) is 0 Å². The number of sulfone groups is 1. The van der Waals surface area contributed by atoms with Crippen LogP contribution in [-0.4, -0.2) is 27.9 Å². The lowest BCUT2D eigenvalue weighted by Gasteiger charge is -2.17. The third kappa shape index (κ3) is 5.20. The Morgan fingerprint density at radius 1 is 1.21 bits per heavy atom. The molecule has 1 N–H and O–H groups in total. The summed E-state index contributed by atoms with van der Waals surface area (Å²) in [6, 6.07) is 5.43. The molecule has 0 spiro atoms. The average molecular weight is 295 g/mol. The Kier molecular flexibility index (Phi) is 4.98. The molecule has 0 aliphatic heterocycles. The van der Waals surface area contributed by atoms with Gasteiger partial charge in [0.15, 0.2) is 9.84 Å². The van der Waals surface area contributed by atoms with Crippen LogP contribution in [0, 0.1) is 0 Å². The molecule has 0 saturated heterocycles. The molecule has 1 aromatic carbocycles. The summed E-state index contributed by atoms with van der Waals surface area (Å²) in [5.74, 6) is 0. The predicted octanol–water partition coefficient (Wildman–Crippen LogP) is 2.69. The maximum absolute atomic E-state index is 12.2. The van der Waals surface area contributed by atoms with Gasteiger partial charge in [0.2, 0.25) is 0 Å². The van der Waals surface area contributed by atoms with Crippen molar-refractivity contribution in [2.75, 3.05) is 13.3 Å². The molecule has 7 heteroatoms. The van der Waals surface area contributed by atoms with Gasteiger partial charge < -0.3 is 5.32 Å². The Morgan fingerprint density at radius 3 is 2.11 bits per heavy atom. The van der Waals surface area contributed by atoms with Crippen LogP contribution in [0.2, 0.25) is 0 Å². The lowest BCUT2D eigenvalue weighted by atomic mass is 10.0. The second kappa shape index (κ2) is 5.92. The fourth-order valence-corrected chi connectivity index (χ4v) is 2.36. The Balaban J connectivity index is 2.83. The van der Waals surface area contributed by atoms with Gasteiger partial charge in [-0.05, 0) is 31.2 Å². The van der Waals surface area contributed by atoms with Crippen molar-refractivity contribution in [2.24, 2.45) is 0 Å². The zero-order valence-corrected chi connectivity index (χ0v) is 11.5. The first-order valence-electron chi connectivity index (χ1n) is 5.67. The topological polar surface area (TPSA) is 46.2 Å². The van der Waals surface area contributed by atoms with E-state index in [1.54, 1.807) is 7.05 Å².